The van der Waals surface area contributed by atoms with E-state index < -0.39 is 10.9 Å². The number of nitro benzene ring substituents is 1. The summed E-state index contributed by atoms with van der Waals surface area (Å²) in [6.07, 6.45) is 1.51. The van der Waals surface area contributed by atoms with Crippen LogP contribution in [0.25, 0.3) is 6.08 Å². The zero-order valence-electron chi connectivity index (χ0n) is 13.9. The quantitative estimate of drug-likeness (QED) is 0.324. The van der Waals surface area contributed by atoms with E-state index in [1.807, 2.05) is 0 Å². The Labute approximate surface area is 157 Å². The SMILES string of the molecule is COc1ccc(Br)cc1/C=C1\N=C(c2cc(C)ccc2[N+](=O)[O-])OC1=O. The van der Waals surface area contributed by atoms with Crippen molar-refractivity contribution in [2.45, 2.75) is 6.92 Å². The lowest BCUT2D eigenvalue weighted by Crippen LogP contribution is -2.08. The van der Waals surface area contributed by atoms with Gasteiger partial charge >= 0.3 is 5.97 Å². The third-order valence-electron chi connectivity index (χ3n) is 3.68. The second-order valence-corrected chi connectivity index (χ2v) is 6.42. The topological polar surface area (TPSA) is 91.0 Å². The Balaban J connectivity index is 2.07. The van der Waals surface area contributed by atoms with Crippen LogP contribution in [0.3, 0.4) is 0 Å². The molecule has 0 amide bonds. The van der Waals surface area contributed by atoms with Gasteiger partial charge in [0.25, 0.3) is 5.69 Å². The molecule has 1 aliphatic rings. The lowest BCUT2D eigenvalue weighted by molar-refractivity contribution is -0.385. The highest BCUT2D eigenvalue weighted by molar-refractivity contribution is 9.10. The highest BCUT2D eigenvalue weighted by Gasteiger charge is 2.29. The summed E-state index contributed by atoms with van der Waals surface area (Å²) in [5.74, 6) is -0.220. The summed E-state index contributed by atoms with van der Waals surface area (Å²) < 4.78 is 11.2. The van der Waals surface area contributed by atoms with E-state index in [1.54, 1.807) is 37.3 Å². The van der Waals surface area contributed by atoms with Crippen molar-refractivity contribution in [2.75, 3.05) is 7.11 Å². The summed E-state index contributed by atoms with van der Waals surface area (Å²) in [4.78, 5) is 27.0. The van der Waals surface area contributed by atoms with Crippen molar-refractivity contribution in [2.24, 2.45) is 4.99 Å². The highest BCUT2D eigenvalue weighted by Crippen LogP contribution is 2.29. The van der Waals surface area contributed by atoms with Gasteiger partial charge in [0.15, 0.2) is 5.70 Å². The van der Waals surface area contributed by atoms with E-state index in [4.69, 9.17) is 9.47 Å². The zero-order valence-corrected chi connectivity index (χ0v) is 15.4. The fourth-order valence-electron chi connectivity index (χ4n) is 2.47. The van der Waals surface area contributed by atoms with Gasteiger partial charge in [-0.15, -0.1) is 0 Å². The molecule has 0 unspecified atom stereocenters. The van der Waals surface area contributed by atoms with E-state index >= 15 is 0 Å². The van der Waals surface area contributed by atoms with Gasteiger partial charge in [-0.05, 0) is 42.8 Å². The number of carbonyl (C=O) groups is 1. The third-order valence-corrected chi connectivity index (χ3v) is 4.18. The monoisotopic (exact) mass is 416 g/mol. The molecule has 1 aliphatic heterocycles. The Morgan fingerprint density at radius 2 is 2.04 bits per heavy atom. The standard InChI is InChI=1S/C18H13BrN2O5/c1-10-3-5-15(21(23)24)13(7-10)17-20-14(18(22)26-17)9-11-8-12(19)4-6-16(11)25-2/h3-9H,1-2H3/b14-9-. The van der Waals surface area contributed by atoms with Crippen molar-refractivity contribution < 1.29 is 19.2 Å². The van der Waals surface area contributed by atoms with E-state index in [-0.39, 0.29) is 22.8 Å². The van der Waals surface area contributed by atoms with Gasteiger partial charge in [-0.25, -0.2) is 9.79 Å². The Morgan fingerprint density at radius 3 is 2.73 bits per heavy atom. The number of cyclic esters (lactones) is 1. The van der Waals surface area contributed by atoms with Crippen molar-refractivity contribution in [1.29, 1.82) is 0 Å². The first-order chi connectivity index (χ1) is 12.4. The van der Waals surface area contributed by atoms with E-state index in [0.29, 0.717) is 11.3 Å². The number of nitrogens with zero attached hydrogens (tertiary/aromatic N) is 2. The highest BCUT2D eigenvalue weighted by atomic mass is 79.9. The molecule has 0 aliphatic carbocycles. The number of hydrogen-bond acceptors (Lipinski definition) is 6. The van der Waals surface area contributed by atoms with E-state index in [2.05, 4.69) is 20.9 Å². The Kier molecular flexibility index (Phi) is 4.85. The van der Waals surface area contributed by atoms with Crippen LogP contribution in [0.2, 0.25) is 0 Å². The maximum absolute atomic E-state index is 12.2. The van der Waals surface area contributed by atoms with Gasteiger partial charge in [0.05, 0.1) is 12.0 Å². The second-order valence-electron chi connectivity index (χ2n) is 5.50. The lowest BCUT2D eigenvalue weighted by atomic mass is 10.1. The van der Waals surface area contributed by atoms with Gasteiger partial charge < -0.3 is 9.47 Å². The molecule has 0 saturated carbocycles. The van der Waals surface area contributed by atoms with Gasteiger partial charge in [-0.3, -0.25) is 10.1 Å². The smallest absolute Gasteiger partial charge is 0.363 e. The molecule has 26 heavy (non-hydrogen) atoms. The molecule has 3 rings (SSSR count). The lowest BCUT2D eigenvalue weighted by Gasteiger charge is -2.04. The molecule has 0 spiro atoms. The number of benzene rings is 2. The fourth-order valence-corrected chi connectivity index (χ4v) is 2.85. The molecule has 132 valence electrons. The summed E-state index contributed by atoms with van der Waals surface area (Å²) in [5, 5.41) is 11.2. The molecule has 2 aromatic carbocycles. The summed E-state index contributed by atoms with van der Waals surface area (Å²) in [5.41, 5.74) is 1.43. The molecule has 0 fully saturated rings. The van der Waals surface area contributed by atoms with Gasteiger partial charge in [0.1, 0.15) is 11.3 Å². The number of aryl methyl sites for hydroxylation is 1. The zero-order chi connectivity index (χ0) is 18.8. The number of rotatable bonds is 4. The number of halogens is 1. The van der Waals surface area contributed by atoms with Crippen LogP contribution in [0, 0.1) is 17.0 Å². The first kappa shape index (κ1) is 17.8. The third kappa shape index (κ3) is 3.50. The minimum Gasteiger partial charge on any atom is -0.496 e. The number of ether oxygens (including phenoxy) is 2. The van der Waals surface area contributed by atoms with Crippen LogP contribution in [0.1, 0.15) is 16.7 Å². The van der Waals surface area contributed by atoms with Crippen LogP contribution in [-0.4, -0.2) is 23.9 Å². The average molecular weight is 417 g/mol. The fraction of sp³-hybridized carbons (Fsp3) is 0.111. The summed E-state index contributed by atoms with van der Waals surface area (Å²) in [7, 11) is 1.52. The van der Waals surface area contributed by atoms with Crippen molar-refractivity contribution in [3.8, 4) is 5.75 Å². The molecule has 1 heterocycles. The van der Waals surface area contributed by atoms with Crippen LogP contribution in [0.4, 0.5) is 5.69 Å². The largest absolute Gasteiger partial charge is 0.496 e. The van der Waals surface area contributed by atoms with Crippen LogP contribution in [0.5, 0.6) is 5.75 Å². The molecule has 0 radical (unpaired) electrons. The Bertz CT molecular complexity index is 982. The molecule has 7 nitrogen and oxygen atoms in total. The summed E-state index contributed by atoms with van der Waals surface area (Å²) in [6, 6.07) is 9.85. The number of methoxy groups -OCH3 is 1. The molecule has 0 N–H and O–H groups in total. The predicted molar refractivity (Wildman–Crippen MR) is 99.1 cm³/mol. The van der Waals surface area contributed by atoms with Crippen molar-refractivity contribution in [3.63, 3.8) is 0 Å². The Hall–Kier alpha value is -3.00. The molecular weight excluding hydrogens is 404 g/mol. The van der Waals surface area contributed by atoms with Crippen molar-refractivity contribution in [3.05, 3.63) is 73.4 Å². The first-order valence-corrected chi connectivity index (χ1v) is 8.30. The van der Waals surface area contributed by atoms with Gasteiger partial charge in [-0.2, -0.15) is 0 Å². The molecule has 0 aromatic heterocycles. The van der Waals surface area contributed by atoms with Crippen LogP contribution in [0.15, 0.2) is 51.6 Å². The number of hydrogen-bond donors (Lipinski definition) is 0. The van der Waals surface area contributed by atoms with E-state index in [0.717, 1.165) is 10.0 Å². The van der Waals surface area contributed by atoms with Gasteiger partial charge in [-0.1, -0.05) is 22.0 Å². The minimum atomic E-state index is -0.683. The Morgan fingerprint density at radius 1 is 1.27 bits per heavy atom. The van der Waals surface area contributed by atoms with E-state index in [9.17, 15) is 14.9 Å². The van der Waals surface area contributed by atoms with Crippen molar-refractivity contribution >= 4 is 39.6 Å². The van der Waals surface area contributed by atoms with Gasteiger partial charge in [0.2, 0.25) is 5.90 Å². The predicted octanol–water partition coefficient (Wildman–Crippen LogP) is 4.02. The second kappa shape index (κ2) is 7.09. The molecule has 0 atom stereocenters. The summed E-state index contributed by atoms with van der Waals surface area (Å²) in [6.45, 7) is 1.79. The van der Waals surface area contributed by atoms with E-state index in [1.165, 1.54) is 19.3 Å². The average Bonchev–Trinajstić information content (AvgIpc) is 2.95. The minimum absolute atomic E-state index is 0.0344. The number of aliphatic imine (C=N–C) groups is 1. The molecular formula is C18H13BrN2O5. The molecule has 2 aromatic rings. The first-order valence-electron chi connectivity index (χ1n) is 7.50. The number of esters is 1. The normalized spacial score (nSPS) is 15.0. The van der Waals surface area contributed by atoms with Gasteiger partial charge in [0, 0.05) is 16.1 Å². The number of nitro groups is 1. The van der Waals surface area contributed by atoms with Crippen LogP contribution < -0.4 is 4.74 Å². The van der Waals surface area contributed by atoms with Crippen LogP contribution in [-0.2, 0) is 9.53 Å². The maximum atomic E-state index is 12.2. The maximum Gasteiger partial charge on any atom is 0.363 e. The molecule has 8 heteroatoms. The van der Waals surface area contributed by atoms with Crippen molar-refractivity contribution in [1.82, 2.24) is 0 Å². The molecule has 0 saturated heterocycles. The van der Waals surface area contributed by atoms with Crippen LogP contribution >= 0.6 is 15.9 Å². The molecule has 0 bridgehead atoms. The summed E-state index contributed by atoms with van der Waals surface area (Å²) >= 11 is 3.36. The number of carbonyl (C=O) groups excluding carboxylic acids is 1.